The first-order chi connectivity index (χ1) is 6.32. The van der Waals surface area contributed by atoms with Crippen LogP contribution in [0.1, 0.15) is 47.5 Å². The fraction of sp³-hybridized carbons (Fsp3) is 1.00. The Morgan fingerprint density at radius 1 is 1.33 bits per heavy atom. The number of hydrogen-bond acceptors (Lipinski definition) is 3. The number of nitrogens with zero attached hydrogens (tertiary/aromatic N) is 1. The molecule has 1 unspecified atom stereocenters. The smallest absolute Gasteiger partial charge is 0.0776 e. The van der Waals surface area contributed by atoms with Crippen molar-refractivity contribution in [3.05, 3.63) is 0 Å². The fourth-order valence-electron chi connectivity index (χ4n) is 2.35. The van der Waals surface area contributed by atoms with Crippen LogP contribution in [0.2, 0.25) is 0 Å². The standard InChI is InChI=1S/C11H23NO2.BrH/c1-6-14-9-7-8-10(2,3)12(13)11(9,4)5;/h9,13H,6-8H2,1-5H3;1H. The van der Waals surface area contributed by atoms with Crippen molar-refractivity contribution < 1.29 is 9.94 Å². The van der Waals surface area contributed by atoms with Crippen molar-refractivity contribution in [3.8, 4) is 0 Å². The average molecular weight is 282 g/mol. The molecule has 1 N–H and O–H groups in total. The zero-order valence-electron chi connectivity index (χ0n) is 10.4. The van der Waals surface area contributed by atoms with Crippen LogP contribution in [-0.2, 0) is 4.74 Å². The molecule has 0 bridgehead atoms. The molecular formula is C11H24BrNO2. The van der Waals surface area contributed by atoms with Gasteiger partial charge in [0, 0.05) is 12.1 Å². The summed E-state index contributed by atoms with van der Waals surface area (Å²) in [6.45, 7) is 10.9. The van der Waals surface area contributed by atoms with E-state index in [2.05, 4.69) is 13.8 Å². The number of hydroxylamine groups is 2. The number of piperidine rings is 1. The van der Waals surface area contributed by atoms with Crippen LogP contribution in [0.3, 0.4) is 0 Å². The van der Waals surface area contributed by atoms with Crippen molar-refractivity contribution in [1.82, 2.24) is 5.06 Å². The summed E-state index contributed by atoms with van der Waals surface area (Å²) in [5.41, 5.74) is -0.436. The highest BCUT2D eigenvalue weighted by molar-refractivity contribution is 8.93. The van der Waals surface area contributed by atoms with Crippen LogP contribution in [0.25, 0.3) is 0 Å². The van der Waals surface area contributed by atoms with Crippen LogP contribution in [0.5, 0.6) is 0 Å². The zero-order chi connectivity index (χ0) is 11.0. The van der Waals surface area contributed by atoms with E-state index in [9.17, 15) is 5.21 Å². The van der Waals surface area contributed by atoms with Crippen LogP contribution in [-0.4, -0.2) is 34.1 Å². The monoisotopic (exact) mass is 281 g/mol. The van der Waals surface area contributed by atoms with Gasteiger partial charge in [0.25, 0.3) is 0 Å². The molecule has 0 radical (unpaired) electrons. The van der Waals surface area contributed by atoms with E-state index in [1.165, 1.54) is 5.06 Å². The van der Waals surface area contributed by atoms with Crippen molar-refractivity contribution in [2.75, 3.05) is 6.61 Å². The minimum absolute atomic E-state index is 0. The predicted octanol–water partition coefficient (Wildman–Crippen LogP) is 3.01. The summed E-state index contributed by atoms with van der Waals surface area (Å²) in [5.74, 6) is 0. The third-order valence-electron chi connectivity index (χ3n) is 3.29. The molecule has 1 atom stereocenters. The molecule has 4 heteroatoms. The first-order valence-corrected chi connectivity index (χ1v) is 5.43. The molecule has 0 aromatic carbocycles. The van der Waals surface area contributed by atoms with E-state index in [0.29, 0.717) is 6.61 Å². The molecule has 0 aromatic heterocycles. The summed E-state index contributed by atoms with van der Waals surface area (Å²) < 4.78 is 5.66. The fourth-order valence-corrected chi connectivity index (χ4v) is 2.35. The van der Waals surface area contributed by atoms with Gasteiger partial charge < -0.3 is 9.94 Å². The van der Waals surface area contributed by atoms with Crippen LogP contribution < -0.4 is 0 Å². The first-order valence-electron chi connectivity index (χ1n) is 5.43. The second-order valence-corrected chi connectivity index (χ2v) is 5.26. The molecule has 92 valence electrons. The van der Waals surface area contributed by atoms with Gasteiger partial charge in [-0.3, -0.25) is 0 Å². The molecule has 0 spiro atoms. The van der Waals surface area contributed by atoms with Gasteiger partial charge in [-0.05, 0) is 47.5 Å². The SMILES string of the molecule is Br.CCOC1CCC(C)(C)N(O)C1(C)C. The minimum Gasteiger partial charge on any atom is -0.377 e. The highest BCUT2D eigenvalue weighted by Gasteiger charge is 2.47. The number of halogens is 1. The molecule has 3 nitrogen and oxygen atoms in total. The van der Waals surface area contributed by atoms with Gasteiger partial charge in [-0.15, -0.1) is 17.0 Å². The van der Waals surface area contributed by atoms with E-state index in [1.807, 2.05) is 20.8 Å². The van der Waals surface area contributed by atoms with Crippen LogP contribution >= 0.6 is 17.0 Å². The summed E-state index contributed by atoms with van der Waals surface area (Å²) >= 11 is 0. The van der Waals surface area contributed by atoms with Gasteiger partial charge in [-0.2, -0.15) is 5.06 Å². The van der Waals surface area contributed by atoms with E-state index in [-0.39, 0.29) is 34.2 Å². The normalized spacial score (nSPS) is 29.6. The topological polar surface area (TPSA) is 32.7 Å². The number of rotatable bonds is 2. The number of ether oxygens (including phenoxy) is 1. The van der Waals surface area contributed by atoms with Crippen molar-refractivity contribution in [1.29, 1.82) is 0 Å². The van der Waals surface area contributed by atoms with E-state index in [0.717, 1.165) is 12.8 Å². The van der Waals surface area contributed by atoms with Gasteiger partial charge in [-0.25, -0.2) is 0 Å². The summed E-state index contributed by atoms with van der Waals surface area (Å²) in [5, 5.41) is 11.6. The lowest BCUT2D eigenvalue weighted by Crippen LogP contribution is -2.63. The second kappa shape index (κ2) is 5.13. The molecule has 0 amide bonds. The Morgan fingerprint density at radius 2 is 1.87 bits per heavy atom. The van der Waals surface area contributed by atoms with Crippen LogP contribution in [0.4, 0.5) is 0 Å². The summed E-state index contributed by atoms with van der Waals surface area (Å²) in [4.78, 5) is 0. The first kappa shape index (κ1) is 15.4. The lowest BCUT2D eigenvalue weighted by molar-refractivity contribution is -0.275. The Labute approximate surface area is 104 Å². The van der Waals surface area contributed by atoms with E-state index in [4.69, 9.17) is 4.74 Å². The molecular weight excluding hydrogens is 258 g/mol. The Bertz CT molecular complexity index is 207. The van der Waals surface area contributed by atoms with E-state index < -0.39 is 0 Å². The van der Waals surface area contributed by atoms with Crippen molar-refractivity contribution >= 4 is 17.0 Å². The predicted molar refractivity (Wildman–Crippen MR) is 66.8 cm³/mol. The molecule has 0 aliphatic carbocycles. The molecule has 15 heavy (non-hydrogen) atoms. The van der Waals surface area contributed by atoms with Gasteiger partial charge in [0.05, 0.1) is 11.6 Å². The molecule has 1 fully saturated rings. The maximum Gasteiger partial charge on any atom is 0.0776 e. The highest BCUT2D eigenvalue weighted by atomic mass is 79.9. The van der Waals surface area contributed by atoms with Crippen molar-refractivity contribution in [2.45, 2.75) is 64.6 Å². The zero-order valence-corrected chi connectivity index (χ0v) is 12.1. The Morgan fingerprint density at radius 3 is 2.33 bits per heavy atom. The summed E-state index contributed by atoms with van der Waals surface area (Å²) in [6.07, 6.45) is 2.12. The van der Waals surface area contributed by atoms with Gasteiger partial charge in [-0.1, -0.05) is 0 Å². The maximum absolute atomic E-state index is 10.1. The van der Waals surface area contributed by atoms with Crippen molar-refractivity contribution in [2.24, 2.45) is 0 Å². The average Bonchev–Trinajstić information content (AvgIpc) is 2.08. The Hall–Kier alpha value is 0.360. The molecule has 0 saturated carbocycles. The second-order valence-electron chi connectivity index (χ2n) is 5.26. The quantitative estimate of drug-likeness (QED) is 0.845. The Balaban J connectivity index is 0.00000196. The maximum atomic E-state index is 10.1. The van der Waals surface area contributed by atoms with E-state index in [1.54, 1.807) is 0 Å². The lowest BCUT2D eigenvalue weighted by atomic mass is 9.80. The molecule has 1 rings (SSSR count). The van der Waals surface area contributed by atoms with Crippen LogP contribution in [0.15, 0.2) is 0 Å². The van der Waals surface area contributed by atoms with Gasteiger partial charge >= 0.3 is 0 Å². The van der Waals surface area contributed by atoms with Gasteiger partial charge in [0.2, 0.25) is 0 Å². The van der Waals surface area contributed by atoms with Crippen LogP contribution in [0, 0.1) is 0 Å². The lowest BCUT2D eigenvalue weighted by Gasteiger charge is -2.52. The molecule has 1 aliphatic rings. The molecule has 0 aromatic rings. The van der Waals surface area contributed by atoms with Gasteiger partial charge in [0.15, 0.2) is 0 Å². The molecule has 1 aliphatic heterocycles. The minimum atomic E-state index is -0.294. The summed E-state index contributed by atoms with van der Waals surface area (Å²) in [6, 6.07) is 0. The van der Waals surface area contributed by atoms with Crippen molar-refractivity contribution in [3.63, 3.8) is 0 Å². The Kier molecular flexibility index (Phi) is 5.25. The third kappa shape index (κ3) is 2.93. The van der Waals surface area contributed by atoms with Gasteiger partial charge in [0.1, 0.15) is 0 Å². The molecule has 1 heterocycles. The molecule has 1 saturated heterocycles. The van der Waals surface area contributed by atoms with E-state index >= 15 is 0 Å². The largest absolute Gasteiger partial charge is 0.377 e. The highest BCUT2D eigenvalue weighted by Crippen LogP contribution is 2.38. The third-order valence-corrected chi connectivity index (χ3v) is 3.29. The number of hydrogen-bond donors (Lipinski definition) is 1. The summed E-state index contributed by atoms with van der Waals surface area (Å²) in [7, 11) is 0.